The molecule has 54 heavy (non-hydrogen) atoms. The smallest absolute Gasteiger partial charge is 0.488 e. The van der Waals surface area contributed by atoms with Crippen molar-refractivity contribution in [1.29, 1.82) is 0 Å². The quantitative estimate of drug-likeness (QED) is 0.127. The SMILES string of the molecule is Cc1c(-c2cc(N3C(=O)C4CC5C(=CCC6C(=O)N(c7cccc(B(O)O)c7)C(=O)C65)C(c5ccccc5O)C4(C)C3=O)n(C)n2)sc2ccc(Cl)cc12. The summed E-state index contributed by atoms with van der Waals surface area (Å²) in [4.78, 5) is 61.4. The van der Waals surface area contributed by atoms with Gasteiger partial charge >= 0.3 is 7.12 Å². The molecule has 3 N–H and O–H groups in total. The molecule has 2 aliphatic heterocycles. The molecule has 2 aromatic heterocycles. The minimum Gasteiger partial charge on any atom is -0.508 e. The van der Waals surface area contributed by atoms with E-state index in [0.29, 0.717) is 22.1 Å². The Balaban J connectivity index is 1.14. The summed E-state index contributed by atoms with van der Waals surface area (Å²) in [6.07, 6.45) is 2.28. The van der Waals surface area contributed by atoms with Crippen LogP contribution in [-0.2, 0) is 26.2 Å². The summed E-state index contributed by atoms with van der Waals surface area (Å²) in [6, 6.07) is 20.2. The van der Waals surface area contributed by atoms with Crippen LogP contribution in [0.3, 0.4) is 0 Å². The lowest BCUT2D eigenvalue weighted by Gasteiger charge is -2.49. The van der Waals surface area contributed by atoms with Crippen LogP contribution in [0.15, 0.2) is 84.4 Å². The van der Waals surface area contributed by atoms with Gasteiger partial charge in [-0.15, -0.1) is 11.3 Å². The van der Waals surface area contributed by atoms with Crippen LogP contribution >= 0.6 is 22.9 Å². The van der Waals surface area contributed by atoms with E-state index in [0.717, 1.165) is 31.0 Å². The first-order valence-electron chi connectivity index (χ1n) is 17.7. The number of hydrogen-bond donors (Lipinski definition) is 3. The number of thiophene rings is 1. The number of phenolic OH excluding ortho intramolecular Hbond substituents is 1. The van der Waals surface area contributed by atoms with Gasteiger partial charge in [-0.25, -0.2) is 4.90 Å². The van der Waals surface area contributed by atoms with Crippen LogP contribution in [0, 0.1) is 36.0 Å². The number of carbonyl (C=O) groups is 4. The summed E-state index contributed by atoms with van der Waals surface area (Å²) in [7, 11) is -0.0974. The number of imide groups is 2. The Kier molecular flexibility index (Phi) is 7.85. The third-order valence-electron chi connectivity index (χ3n) is 12.2. The van der Waals surface area contributed by atoms with Gasteiger partial charge in [0.25, 0.3) is 0 Å². The fourth-order valence-electron chi connectivity index (χ4n) is 9.60. The van der Waals surface area contributed by atoms with E-state index >= 15 is 4.79 Å². The summed E-state index contributed by atoms with van der Waals surface area (Å²) in [5.41, 5.74) is 1.81. The van der Waals surface area contributed by atoms with Gasteiger partial charge in [-0.05, 0) is 85.4 Å². The number of allylic oxidation sites excluding steroid dienone is 2. The van der Waals surface area contributed by atoms with Crippen molar-refractivity contribution >= 4 is 80.7 Å². The number of phenols is 1. The summed E-state index contributed by atoms with van der Waals surface area (Å²) in [5.74, 6) is -5.27. The Morgan fingerprint density at radius 3 is 2.46 bits per heavy atom. The molecule has 1 saturated carbocycles. The molecule has 272 valence electrons. The van der Waals surface area contributed by atoms with Crippen LogP contribution in [0.4, 0.5) is 11.5 Å². The van der Waals surface area contributed by atoms with Gasteiger partial charge < -0.3 is 15.2 Å². The lowest BCUT2D eigenvalue weighted by atomic mass is 9.51. The third kappa shape index (κ3) is 4.78. The maximum atomic E-state index is 15.0. The molecule has 9 rings (SSSR count). The molecule has 4 heterocycles. The average molecular weight is 761 g/mol. The van der Waals surface area contributed by atoms with E-state index in [2.05, 4.69) is 0 Å². The van der Waals surface area contributed by atoms with Gasteiger partial charge in [0.2, 0.25) is 23.6 Å². The number of halogens is 1. The number of carbonyl (C=O) groups excluding carboxylic acids is 4. The van der Waals surface area contributed by atoms with Crippen LogP contribution in [0.1, 0.15) is 36.8 Å². The van der Waals surface area contributed by atoms with Crippen LogP contribution in [-0.4, -0.2) is 55.7 Å². The third-order valence-corrected chi connectivity index (χ3v) is 13.7. The van der Waals surface area contributed by atoms with Crippen molar-refractivity contribution in [2.24, 2.45) is 36.1 Å². The number of anilines is 2. The number of aromatic hydroxyl groups is 1. The zero-order valence-corrected chi connectivity index (χ0v) is 31.0. The highest BCUT2D eigenvalue weighted by molar-refractivity contribution is 7.22. The van der Waals surface area contributed by atoms with Gasteiger partial charge in [0.1, 0.15) is 17.3 Å². The molecule has 0 spiro atoms. The number of para-hydroxylation sites is 1. The van der Waals surface area contributed by atoms with Crippen molar-refractivity contribution in [3.8, 4) is 16.3 Å². The second-order valence-electron chi connectivity index (χ2n) is 14.9. The Morgan fingerprint density at radius 2 is 1.70 bits per heavy atom. The number of fused-ring (bicyclic) bond motifs is 5. The lowest BCUT2D eigenvalue weighted by Crippen LogP contribution is -2.49. The van der Waals surface area contributed by atoms with Crippen molar-refractivity contribution in [2.75, 3.05) is 9.80 Å². The minimum absolute atomic E-state index is 0.0390. The number of rotatable bonds is 5. The molecule has 2 aliphatic carbocycles. The second-order valence-corrected chi connectivity index (χ2v) is 16.4. The van der Waals surface area contributed by atoms with E-state index in [1.807, 2.05) is 31.2 Å². The molecular weight excluding hydrogens is 727 g/mol. The molecule has 2 saturated heterocycles. The van der Waals surface area contributed by atoms with Gasteiger partial charge in [-0.1, -0.05) is 53.6 Å². The van der Waals surface area contributed by atoms with Crippen LogP contribution in [0.2, 0.25) is 5.02 Å². The monoisotopic (exact) mass is 760 g/mol. The summed E-state index contributed by atoms with van der Waals surface area (Å²) in [6.45, 7) is 3.76. The van der Waals surface area contributed by atoms with E-state index in [1.54, 1.807) is 67.8 Å². The van der Waals surface area contributed by atoms with Gasteiger partial charge in [0, 0.05) is 34.3 Å². The number of aromatic nitrogens is 2. The normalized spacial score (nSPS) is 26.3. The molecule has 0 radical (unpaired) electrons. The molecular formula is C40H34BClN4O7S. The number of nitrogens with zero attached hydrogens (tertiary/aromatic N) is 4. The first-order valence-corrected chi connectivity index (χ1v) is 18.9. The summed E-state index contributed by atoms with van der Waals surface area (Å²) >= 11 is 7.85. The molecule has 4 amide bonds. The highest BCUT2D eigenvalue weighted by atomic mass is 35.5. The second kappa shape index (κ2) is 12.2. The molecule has 3 aromatic carbocycles. The number of amides is 4. The van der Waals surface area contributed by atoms with E-state index in [1.165, 1.54) is 21.7 Å². The Labute approximate surface area is 319 Å². The van der Waals surface area contributed by atoms with E-state index in [-0.39, 0.29) is 29.7 Å². The maximum Gasteiger partial charge on any atom is 0.488 e. The average Bonchev–Trinajstić information content (AvgIpc) is 3.82. The first-order chi connectivity index (χ1) is 25.8. The van der Waals surface area contributed by atoms with Crippen molar-refractivity contribution in [2.45, 2.75) is 32.6 Å². The topological polar surface area (TPSA) is 153 Å². The van der Waals surface area contributed by atoms with E-state index < -0.39 is 65.8 Å². The Bertz CT molecular complexity index is 2510. The number of hydrogen-bond acceptors (Lipinski definition) is 9. The zero-order chi connectivity index (χ0) is 38.0. The Morgan fingerprint density at radius 1 is 0.926 bits per heavy atom. The van der Waals surface area contributed by atoms with Gasteiger partial charge in [0.15, 0.2) is 0 Å². The zero-order valence-electron chi connectivity index (χ0n) is 29.4. The van der Waals surface area contributed by atoms with Gasteiger partial charge in [-0.2, -0.15) is 5.10 Å². The molecule has 0 bridgehead atoms. The molecule has 4 aliphatic rings. The van der Waals surface area contributed by atoms with Crippen LogP contribution in [0.5, 0.6) is 5.75 Å². The molecule has 5 aromatic rings. The molecule has 11 nitrogen and oxygen atoms in total. The van der Waals surface area contributed by atoms with Crippen molar-refractivity contribution < 1.29 is 34.3 Å². The van der Waals surface area contributed by atoms with Gasteiger partial charge in [0.05, 0.1) is 33.7 Å². The lowest BCUT2D eigenvalue weighted by molar-refractivity contribution is -0.131. The minimum atomic E-state index is -1.79. The number of aryl methyl sites for hydroxylation is 2. The van der Waals surface area contributed by atoms with E-state index in [9.17, 15) is 29.5 Å². The fourth-order valence-corrected chi connectivity index (χ4v) is 10.9. The molecule has 14 heteroatoms. The highest BCUT2D eigenvalue weighted by Crippen LogP contribution is 2.64. The summed E-state index contributed by atoms with van der Waals surface area (Å²) in [5, 5.41) is 37.3. The molecule has 3 fully saturated rings. The number of benzene rings is 3. The standard InChI is InChI=1S/C40H34BClN4O7S/c1-19-26-16-21(42)11-14-31(26)54-35(19)29-18-32(44(3)43-29)46-37(49)28-17-27-23(34(40(28,2)39(46)51)24-9-4-5-10-30(24)47)12-13-25-33(27)38(50)45(36(25)48)22-8-6-7-20(15-22)41(52)53/h4-12,14-16,18,25,27-28,33-34,47,52-53H,13,17H2,1-3H3. The van der Waals surface area contributed by atoms with Crippen molar-refractivity contribution in [3.63, 3.8) is 0 Å². The summed E-state index contributed by atoms with van der Waals surface area (Å²) < 4.78 is 2.57. The van der Waals surface area contributed by atoms with Crippen molar-refractivity contribution in [3.05, 3.63) is 101 Å². The predicted molar refractivity (Wildman–Crippen MR) is 205 cm³/mol. The fraction of sp³-hybridized carbons (Fsp3) is 0.275. The first kappa shape index (κ1) is 34.7. The van der Waals surface area contributed by atoms with Crippen molar-refractivity contribution in [1.82, 2.24) is 9.78 Å². The molecule has 6 atom stereocenters. The molecule has 6 unspecified atom stereocenters. The van der Waals surface area contributed by atoms with Crippen LogP contribution < -0.4 is 15.3 Å². The van der Waals surface area contributed by atoms with E-state index in [4.69, 9.17) is 16.7 Å². The van der Waals surface area contributed by atoms with Gasteiger partial charge in [-0.3, -0.25) is 28.8 Å². The van der Waals surface area contributed by atoms with Crippen LogP contribution in [0.25, 0.3) is 20.7 Å². The predicted octanol–water partition coefficient (Wildman–Crippen LogP) is 5.08. The largest absolute Gasteiger partial charge is 0.508 e. The highest BCUT2D eigenvalue weighted by Gasteiger charge is 2.68. The Hall–Kier alpha value is -5.08. The maximum absolute atomic E-state index is 15.0.